The van der Waals surface area contributed by atoms with E-state index in [1.54, 1.807) is 35.9 Å². The number of hydrogen-bond acceptors (Lipinski definition) is 6. The number of benzene rings is 3. The highest BCUT2D eigenvalue weighted by Gasteiger charge is 2.67. The maximum absolute atomic E-state index is 16.3. The first-order valence-corrected chi connectivity index (χ1v) is 19.1. The number of aliphatic hydroxyl groups is 1. The summed E-state index contributed by atoms with van der Waals surface area (Å²) in [6.07, 6.45) is -0.616. The lowest BCUT2D eigenvalue weighted by molar-refractivity contribution is -0.385. The van der Waals surface area contributed by atoms with Crippen LogP contribution in [0.4, 0.5) is 15.5 Å². The summed E-state index contributed by atoms with van der Waals surface area (Å²) in [6.45, 7) is 5.17. The lowest BCUT2D eigenvalue weighted by Gasteiger charge is -2.37. The maximum Gasteiger partial charge on any atom is 0.269 e. The third kappa shape index (κ3) is 5.49. The molecule has 3 aromatic carbocycles. The summed E-state index contributed by atoms with van der Waals surface area (Å²) < 4.78 is 24.0. The van der Waals surface area contributed by atoms with Crippen LogP contribution in [0.2, 0.25) is 18.6 Å². The molecule has 2 amide bonds. The zero-order valence-corrected chi connectivity index (χ0v) is 28.4. The van der Waals surface area contributed by atoms with E-state index >= 15 is 4.11 Å². The molecule has 0 radical (unpaired) electrons. The molecule has 5 atom stereocenters. The molecule has 1 saturated heterocycles. The van der Waals surface area contributed by atoms with E-state index in [0.717, 1.165) is 20.3 Å². The molecule has 0 bridgehead atoms. The van der Waals surface area contributed by atoms with Gasteiger partial charge in [-0.15, -0.1) is 0 Å². The first-order valence-electron chi connectivity index (χ1n) is 15.0. The van der Waals surface area contributed by atoms with Crippen LogP contribution in [0.15, 0.2) is 66.7 Å². The van der Waals surface area contributed by atoms with Crippen molar-refractivity contribution in [3.05, 3.63) is 103 Å². The fourth-order valence-corrected chi connectivity index (χ4v) is 10.5. The van der Waals surface area contributed by atoms with Gasteiger partial charge in [0.05, 0.1) is 42.3 Å². The summed E-state index contributed by atoms with van der Waals surface area (Å²) in [7, 11) is -3.58. The quantitative estimate of drug-likeness (QED) is 0.107. The van der Waals surface area contributed by atoms with Crippen molar-refractivity contribution in [1.29, 1.82) is 0 Å². The van der Waals surface area contributed by atoms with Gasteiger partial charge in [0.2, 0.25) is 14.3 Å². The van der Waals surface area contributed by atoms with Crippen LogP contribution >= 0.6 is 22.6 Å². The lowest BCUT2D eigenvalue weighted by atomic mass is 9.82. The molecule has 9 nitrogen and oxygen atoms in total. The second-order valence-electron chi connectivity index (χ2n) is 12.8. The van der Waals surface area contributed by atoms with E-state index in [-0.39, 0.29) is 31.2 Å². The SMILES string of the molecule is C[C@H]1[C@H]([Si](C)(C)F)[C@@H](CC(=O)N2Cc3ccccc3C[C@H]2CO)O[C@]12C(=O)N(Cc1ccc(I)cc1)c1ccc([N+](=O)[O-])cc12. The van der Waals surface area contributed by atoms with Gasteiger partial charge in [-0.25, -0.2) is 0 Å². The summed E-state index contributed by atoms with van der Waals surface area (Å²) in [5.74, 6) is -1.41. The molecular formula is C33H35FIN3O6Si. The van der Waals surface area contributed by atoms with Gasteiger partial charge in [0.1, 0.15) is 0 Å². The maximum atomic E-state index is 16.3. The first kappa shape index (κ1) is 31.8. The zero-order valence-electron chi connectivity index (χ0n) is 25.3. The van der Waals surface area contributed by atoms with Gasteiger partial charge in [-0.3, -0.25) is 19.7 Å². The molecule has 0 aliphatic carbocycles. The minimum absolute atomic E-state index is 0.176. The van der Waals surface area contributed by atoms with E-state index in [1.165, 1.54) is 12.1 Å². The van der Waals surface area contributed by atoms with Crippen LogP contribution in [-0.2, 0) is 39.4 Å². The Hall–Kier alpha value is -3.20. The van der Waals surface area contributed by atoms with Gasteiger partial charge in [0.15, 0.2) is 5.60 Å². The second kappa shape index (κ2) is 11.9. The van der Waals surface area contributed by atoms with Crippen LogP contribution in [0.3, 0.4) is 0 Å². The average Bonchev–Trinajstić information content (AvgIpc) is 3.43. The third-order valence-corrected chi connectivity index (χ3v) is 12.8. The number of nitro groups is 1. The number of nitro benzene ring substituents is 1. The Labute approximate surface area is 275 Å². The van der Waals surface area contributed by atoms with Crippen molar-refractivity contribution < 1.29 is 28.5 Å². The van der Waals surface area contributed by atoms with Crippen LogP contribution in [0.1, 0.15) is 35.6 Å². The monoisotopic (exact) mass is 743 g/mol. The van der Waals surface area contributed by atoms with Gasteiger partial charge in [0, 0.05) is 39.3 Å². The normalized spacial score (nSPS) is 25.9. The number of non-ortho nitro benzene ring substituents is 1. The number of carbonyl (C=O) groups excluding carboxylic acids is 2. The van der Waals surface area contributed by atoms with Crippen LogP contribution in [-0.4, -0.2) is 53.9 Å². The molecule has 0 aromatic heterocycles. The van der Waals surface area contributed by atoms with Crippen molar-refractivity contribution in [1.82, 2.24) is 4.90 Å². The highest BCUT2D eigenvalue weighted by molar-refractivity contribution is 14.1. The molecular weight excluding hydrogens is 708 g/mol. The second-order valence-corrected chi connectivity index (χ2v) is 17.8. The fraction of sp³-hybridized carbons (Fsp3) is 0.394. The fourth-order valence-electron chi connectivity index (χ4n) is 7.61. The number of rotatable bonds is 7. The Balaban J connectivity index is 1.38. The van der Waals surface area contributed by atoms with Crippen LogP contribution < -0.4 is 4.90 Å². The van der Waals surface area contributed by atoms with E-state index < -0.39 is 48.4 Å². The third-order valence-electron chi connectivity index (χ3n) is 9.67. The molecule has 3 aromatic rings. The van der Waals surface area contributed by atoms with Crippen molar-refractivity contribution in [2.24, 2.45) is 5.92 Å². The minimum Gasteiger partial charge on any atom is -0.394 e. The Morgan fingerprint density at radius 1 is 1.16 bits per heavy atom. The molecule has 3 aliphatic rings. The Morgan fingerprint density at radius 3 is 2.49 bits per heavy atom. The van der Waals surface area contributed by atoms with E-state index in [2.05, 4.69) is 22.6 Å². The molecule has 45 heavy (non-hydrogen) atoms. The molecule has 1 N–H and O–H groups in total. The van der Waals surface area contributed by atoms with Crippen LogP contribution in [0, 0.1) is 19.6 Å². The van der Waals surface area contributed by atoms with Gasteiger partial charge < -0.3 is 23.8 Å². The number of fused-ring (bicyclic) bond motifs is 3. The van der Waals surface area contributed by atoms with Gasteiger partial charge in [-0.2, -0.15) is 0 Å². The minimum atomic E-state index is -3.58. The van der Waals surface area contributed by atoms with E-state index in [1.807, 2.05) is 48.5 Å². The number of carbonyl (C=O) groups is 2. The summed E-state index contributed by atoms with van der Waals surface area (Å²) in [4.78, 5) is 43.1. The van der Waals surface area contributed by atoms with Gasteiger partial charge in [0.25, 0.3) is 11.6 Å². The molecule has 1 fully saturated rings. The molecule has 3 aliphatic heterocycles. The predicted molar refractivity (Wildman–Crippen MR) is 178 cm³/mol. The predicted octanol–water partition coefficient (Wildman–Crippen LogP) is 5.86. The summed E-state index contributed by atoms with van der Waals surface area (Å²) in [6, 6.07) is 19.3. The van der Waals surface area contributed by atoms with E-state index in [9.17, 15) is 24.8 Å². The number of halogens is 2. The number of aliphatic hydroxyl groups excluding tert-OH is 1. The average molecular weight is 744 g/mol. The first-order chi connectivity index (χ1) is 21.3. The molecule has 0 unspecified atom stereocenters. The highest BCUT2D eigenvalue weighted by atomic mass is 127. The molecule has 3 heterocycles. The smallest absolute Gasteiger partial charge is 0.269 e. The van der Waals surface area contributed by atoms with Gasteiger partial charge in [-0.1, -0.05) is 43.3 Å². The molecule has 236 valence electrons. The van der Waals surface area contributed by atoms with Crippen molar-refractivity contribution in [3.8, 4) is 0 Å². The van der Waals surface area contributed by atoms with Crippen molar-refractivity contribution >= 4 is 54.2 Å². The van der Waals surface area contributed by atoms with Gasteiger partial charge >= 0.3 is 0 Å². The van der Waals surface area contributed by atoms with E-state index in [0.29, 0.717) is 24.2 Å². The summed E-state index contributed by atoms with van der Waals surface area (Å²) in [5.41, 5.74) is 1.09. The topological polar surface area (TPSA) is 113 Å². The molecule has 12 heteroatoms. The number of nitrogens with zero attached hydrogens (tertiary/aromatic N) is 3. The van der Waals surface area contributed by atoms with Crippen molar-refractivity contribution in [3.63, 3.8) is 0 Å². The van der Waals surface area contributed by atoms with E-state index in [4.69, 9.17) is 4.74 Å². The number of ether oxygens (including phenoxy) is 1. The van der Waals surface area contributed by atoms with Crippen molar-refractivity contribution in [2.75, 3.05) is 11.5 Å². The van der Waals surface area contributed by atoms with Crippen molar-refractivity contribution in [2.45, 2.75) is 69.2 Å². The Kier molecular flexibility index (Phi) is 8.38. The zero-order chi connectivity index (χ0) is 32.3. The number of amides is 2. The lowest BCUT2D eigenvalue weighted by Crippen LogP contribution is -2.48. The van der Waals surface area contributed by atoms with Crippen LogP contribution in [0.25, 0.3) is 0 Å². The Bertz CT molecular complexity index is 1670. The largest absolute Gasteiger partial charge is 0.394 e. The molecule has 6 rings (SSSR count). The summed E-state index contributed by atoms with van der Waals surface area (Å²) >= 11 is 2.20. The Morgan fingerprint density at radius 2 is 1.84 bits per heavy atom. The summed E-state index contributed by atoms with van der Waals surface area (Å²) in [5, 5.41) is 22.1. The standard InChI is InChI=1S/C33H35FIN3O6Si/c1-20-31(45(2,3)34)29(16-30(40)36-18-23-7-5-4-6-22(23)14-26(36)19-39)44-33(20)27-15-25(38(42)43)12-13-28(27)37(32(33)41)17-21-8-10-24(35)11-9-21/h4-13,15,20,26,29,31,39H,14,16-19H2,1-3H3/t20-,26-,29+,31-,33+/m0/s1. The van der Waals surface area contributed by atoms with Gasteiger partial charge in [-0.05, 0) is 77.0 Å². The molecule has 1 spiro atoms. The highest BCUT2D eigenvalue weighted by Crippen LogP contribution is 2.60. The number of anilines is 1. The molecule has 0 saturated carbocycles. The van der Waals surface area contributed by atoms with Crippen LogP contribution in [0.5, 0.6) is 0 Å². The number of hydrogen-bond donors (Lipinski definition) is 1.